The number of carboxylic acid groups (broad SMARTS) is 1. The van der Waals surface area contributed by atoms with Crippen molar-refractivity contribution in [3.8, 4) is 22.3 Å². The molecule has 12 atom stereocenters. The summed E-state index contributed by atoms with van der Waals surface area (Å²) >= 11 is 2.95. The second kappa shape index (κ2) is 37.3. The lowest BCUT2D eigenvalue weighted by Gasteiger charge is -2.46. The number of aliphatic hydroxyl groups excluding tert-OH is 7. The number of hydrogen-bond acceptors (Lipinski definition) is 21. The molecule has 0 spiro atoms. The van der Waals surface area contributed by atoms with Gasteiger partial charge in [0.2, 0.25) is 23.5 Å². The summed E-state index contributed by atoms with van der Waals surface area (Å²) in [5.41, 5.74) is 5.81. The Kier molecular flexibility index (Phi) is 29.5. The summed E-state index contributed by atoms with van der Waals surface area (Å²) in [7, 11) is 0. The van der Waals surface area contributed by atoms with Crippen molar-refractivity contribution in [1.29, 1.82) is 0 Å². The molecule has 95 heavy (non-hydrogen) atoms. The Labute approximate surface area is 558 Å². The van der Waals surface area contributed by atoms with Gasteiger partial charge in [0.15, 0.2) is 17.9 Å². The van der Waals surface area contributed by atoms with E-state index in [9.17, 15) is 79.2 Å². The standard InChI is InChI=1S/C69H84N4O20S2/c1-2-56(81)72-60-54(79)39-69(67(88)89,93-65(60)63(86)61(84)52(77)36-43-17-21-47(22-18-43)45-12-5-3-6-13-45)91-31-11-33-94-32-9-16-51(76)49-25-27-50(28-26-49)66(87)70-29-35-95-34-10-30-90-68(42-75)38-53(78)59(73-58(83)41-74)64(92-68)62(85)55(80)40-71-57(82)37-44-19-23-48(24-20-44)46-14-7-4-8-15-46/h3-8,12-15,17-28,42,53-55,59-65,74,78-80,84-86H,2,9-11,16,29-41H2,1H3,(H,70,87)(H,71,82)(H,72,81)(H,73,83)(H,88,89)/t53-,54-,55+,59+,60+,61+,62+,63+,64+,65+,68+,69+/m0/s1. The number of hydrogen-bond donors (Lipinski definition) is 12. The van der Waals surface area contributed by atoms with Crippen LogP contribution in [-0.4, -0.2) is 217 Å². The number of Topliss-reactive ketones (excluding diaryl/α,β-unsaturated/α-hetero) is 2. The van der Waals surface area contributed by atoms with Crippen molar-refractivity contribution in [2.75, 3.05) is 55.9 Å². The van der Waals surface area contributed by atoms with Crippen molar-refractivity contribution in [3.63, 3.8) is 0 Å². The third-order valence-corrected chi connectivity index (χ3v) is 18.4. The Morgan fingerprint density at radius 2 is 1.12 bits per heavy atom. The number of benzene rings is 5. The third-order valence-electron chi connectivity index (χ3n) is 16.1. The highest BCUT2D eigenvalue weighted by Crippen LogP contribution is 2.36. The van der Waals surface area contributed by atoms with Crippen molar-refractivity contribution in [2.45, 2.75) is 137 Å². The van der Waals surface area contributed by atoms with Crippen LogP contribution in [0.5, 0.6) is 0 Å². The van der Waals surface area contributed by atoms with Gasteiger partial charge in [0.1, 0.15) is 37.1 Å². The van der Waals surface area contributed by atoms with E-state index in [2.05, 4.69) is 21.3 Å². The maximum absolute atomic E-state index is 13.3. The largest absolute Gasteiger partial charge is 0.477 e. The molecule has 2 heterocycles. The third kappa shape index (κ3) is 21.9. The van der Waals surface area contributed by atoms with Crippen LogP contribution in [0, 0.1) is 0 Å². The molecule has 0 aliphatic carbocycles. The molecule has 5 aromatic carbocycles. The average Bonchev–Trinajstić information content (AvgIpc) is 0.784. The predicted molar refractivity (Wildman–Crippen MR) is 353 cm³/mol. The summed E-state index contributed by atoms with van der Waals surface area (Å²) in [5.74, 6) is -7.46. The molecule has 5 aromatic rings. The molecule has 2 saturated heterocycles. The zero-order valence-electron chi connectivity index (χ0n) is 52.6. The summed E-state index contributed by atoms with van der Waals surface area (Å²) in [5, 5.41) is 97.3. The minimum Gasteiger partial charge on any atom is -0.477 e. The number of amides is 4. The maximum atomic E-state index is 13.3. The van der Waals surface area contributed by atoms with Gasteiger partial charge in [-0.2, -0.15) is 23.5 Å². The molecular formula is C69H84N4O20S2. The van der Waals surface area contributed by atoms with Crippen LogP contribution in [0.2, 0.25) is 0 Å². The van der Waals surface area contributed by atoms with Crippen LogP contribution >= 0.6 is 23.5 Å². The molecule has 24 nitrogen and oxygen atoms in total. The molecule has 2 aliphatic rings. The second-order valence-electron chi connectivity index (χ2n) is 23.1. The Bertz CT molecular complexity index is 3300. The fraction of sp³-hybridized carbons (Fsp3) is 0.449. The Morgan fingerprint density at radius 3 is 1.68 bits per heavy atom. The fourth-order valence-electron chi connectivity index (χ4n) is 10.9. The molecule has 0 unspecified atom stereocenters. The lowest BCUT2D eigenvalue weighted by molar-refractivity contribution is -0.309. The summed E-state index contributed by atoms with van der Waals surface area (Å²) < 4.78 is 23.4. The Morgan fingerprint density at radius 1 is 0.600 bits per heavy atom. The number of aldehydes is 1. The van der Waals surface area contributed by atoms with Gasteiger partial charge in [0, 0.05) is 62.1 Å². The predicted octanol–water partition coefficient (Wildman–Crippen LogP) is 2.96. The Balaban J connectivity index is 0.775. The minimum absolute atomic E-state index is 0.0315. The van der Waals surface area contributed by atoms with Crippen LogP contribution in [0.4, 0.5) is 0 Å². The lowest BCUT2D eigenvalue weighted by atomic mass is 9.87. The van der Waals surface area contributed by atoms with Crippen molar-refractivity contribution in [2.24, 2.45) is 0 Å². The first-order chi connectivity index (χ1) is 45.7. The van der Waals surface area contributed by atoms with Crippen LogP contribution in [0.1, 0.15) is 83.7 Å². The molecule has 512 valence electrons. The highest BCUT2D eigenvalue weighted by Gasteiger charge is 2.57. The van der Waals surface area contributed by atoms with Crippen molar-refractivity contribution in [1.82, 2.24) is 21.3 Å². The topological polar surface area (TPSA) is 383 Å². The normalized spacial score (nSPS) is 22.2. The molecule has 12 N–H and O–H groups in total. The summed E-state index contributed by atoms with van der Waals surface area (Å²) in [6, 6.07) is 37.0. The molecule has 26 heteroatoms. The molecule has 0 saturated carbocycles. The number of rotatable bonds is 38. The molecule has 0 radical (unpaired) electrons. The van der Waals surface area contributed by atoms with Crippen LogP contribution in [0.25, 0.3) is 22.3 Å². The molecule has 2 fully saturated rings. The van der Waals surface area contributed by atoms with Crippen LogP contribution in [0.15, 0.2) is 133 Å². The Hall–Kier alpha value is -7.28. The monoisotopic (exact) mass is 1350 g/mol. The molecule has 2 aliphatic heterocycles. The van der Waals surface area contributed by atoms with Gasteiger partial charge in [-0.15, -0.1) is 0 Å². The molecule has 0 bridgehead atoms. The van der Waals surface area contributed by atoms with Crippen LogP contribution < -0.4 is 21.3 Å². The van der Waals surface area contributed by atoms with E-state index in [0.29, 0.717) is 70.8 Å². The first kappa shape index (κ1) is 75.1. The SMILES string of the molecule is CCC(=O)N[C@H]1[C@H]([C@H](O)[C@H](O)C(=O)Cc2ccc(-c3ccccc3)cc2)O[C@@](OCCCSCCCC(=O)c2ccc(C(=O)NCCSCCCO[C@]3(C=O)C[C@H](O)[C@@H](NC(=O)CO)[C@H]([C@H](O)[C@H](O)CNC(=O)Cc4ccc(-c5ccccc5)cc4)O3)cc2)(C(=O)O)C[C@@H]1O. The van der Waals surface area contributed by atoms with Gasteiger partial charge >= 0.3 is 5.97 Å². The van der Waals surface area contributed by atoms with Gasteiger partial charge in [-0.1, -0.05) is 128 Å². The van der Waals surface area contributed by atoms with E-state index in [1.54, 1.807) is 55.5 Å². The lowest BCUT2D eigenvalue weighted by Crippen LogP contribution is -2.68. The zero-order chi connectivity index (χ0) is 68.5. The van der Waals surface area contributed by atoms with Gasteiger partial charge in [0.05, 0.1) is 50.0 Å². The van der Waals surface area contributed by atoms with Crippen LogP contribution in [-0.2, 0) is 60.6 Å². The van der Waals surface area contributed by atoms with Gasteiger partial charge in [-0.3, -0.25) is 33.6 Å². The zero-order valence-corrected chi connectivity index (χ0v) is 54.2. The molecular weight excluding hydrogens is 1270 g/mol. The number of aliphatic carboxylic acids is 1. The summed E-state index contributed by atoms with van der Waals surface area (Å²) in [6.45, 7) is 0.178. The first-order valence-corrected chi connectivity index (χ1v) is 33.8. The number of carboxylic acids is 1. The molecule has 0 aromatic heterocycles. The van der Waals surface area contributed by atoms with Crippen LogP contribution in [0.3, 0.4) is 0 Å². The first-order valence-electron chi connectivity index (χ1n) is 31.5. The average molecular weight is 1350 g/mol. The second-order valence-corrected chi connectivity index (χ2v) is 25.6. The van der Waals surface area contributed by atoms with E-state index < -0.39 is 128 Å². The van der Waals surface area contributed by atoms with Gasteiger partial charge < -0.3 is 81.1 Å². The van der Waals surface area contributed by atoms with E-state index in [1.807, 2.05) is 84.9 Å². The van der Waals surface area contributed by atoms with E-state index in [-0.39, 0.29) is 57.1 Å². The van der Waals surface area contributed by atoms with Gasteiger partial charge in [-0.05, 0) is 82.0 Å². The van der Waals surface area contributed by atoms with Crippen molar-refractivity contribution in [3.05, 3.63) is 156 Å². The quantitative estimate of drug-likeness (QED) is 0.0153. The smallest absolute Gasteiger partial charge is 0.364 e. The maximum Gasteiger partial charge on any atom is 0.364 e. The fourth-order valence-corrected chi connectivity index (χ4v) is 12.5. The van der Waals surface area contributed by atoms with Gasteiger partial charge in [0.25, 0.3) is 11.7 Å². The number of carbonyl (C=O) groups excluding carboxylic acids is 7. The number of thioether (sulfide) groups is 2. The van der Waals surface area contributed by atoms with E-state index in [1.165, 1.54) is 23.5 Å². The highest BCUT2D eigenvalue weighted by molar-refractivity contribution is 7.99. The summed E-state index contributed by atoms with van der Waals surface area (Å²) in [6.07, 6.45) is -14.1. The number of carbonyl (C=O) groups is 8. The van der Waals surface area contributed by atoms with E-state index in [4.69, 9.17) is 18.9 Å². The van der Waals surface area contributed by atoms with Gasteiger partial charge in [-0.25, -0.2) is 4.79 Å². The molecule has 4 amide bonds. The molecule has 7 rings (SSSR count). The number of ether oxygens (including phenoxy) is 4. The number of ketones is 2. The minimum atomic E-state index is -2.51. The van der Waals surface area contributed by atoms with Crippen molar-refractivity contribution < 1.29 is 98.2 Å². The summed E-state index contributed by atoms with van der Waals surface area (Å²) in [4.78, 5) is 102. The highest BCUT2D eigenvalue weighted by atomic mass is 32.2. The number of nitrogens with one attached hydrogen (secondary N) is 4. The van der Waals surface area contributed by atoms with E-state index >= 15 is 0 Å². The van der Waals surface area contributed by atoms with Crippen molar-refractivity contribution >= 4 is 71.0 Å². The number of aliphatic hydroxyl groups is 7. The van der Waals surface area contributed by atoms with E-state index in [0.717, 1.165) is 22.3 Å².